The van der Waals surface area contributed by atoms with Crippen LogP contribution in [0.3, 0.4) is 0 Å². The standard InChI is InChI=1S/C12H13N3O2/c1-3-15(4-2)8-5-6-9-10(7-8)12(17)14-13-11(9)16/h5-7H,3-4H2,1-2H3. The Hall–Kier alpha value is -2.04. The number of anilines is 1. The van der Waals surface area contributed by atoms with Crippen LogP contribution in [0.5, 0.6) is 0 Å². The highest BCUT2D eigenvalue weighted by molar-refractivity contribution is 6.11. The number of nitrogens with zero attached hydrogens (tertiary/aromatic N) is 3. The molecular formula is C12H13N3O2. The summed E-state index contributed by atoms with van der Waals surface area (Å²) in [5.74, 6) is -0.903. The van der Waals surface area contributed by atoms with Crippen LogP contribution in [0.4, 0.5) is 5.69 Å². The summed E-state index contributed by atoms with van der Waals surface area (Å²) in [5, 5.41) is 6.61. The van der Waals surface area contributed by atoms with E-state index in [-0.39, 0.29) is 0 Å². The molecule has 0 spiro atoms. The van der Waals surface area contributed by atoms with E-state index in [4.69, 9.17) is 0 Å². The largest absolute Gasteiger partial charge is 0.372 e. The molecule has 2 amide bonds. The molecular weight excluding hydrogens is 218 g/mol. The maximum absolute atomic E-state index is 11.6. The summed E-state index contributed by atoms with van der Waals surface area (Å²) in [6.45, 7) is 5.77. The molecule has 0 fully saturated rings. The minimum Gasteiger partial charge on any atom is -0.372 e. The highest BCUT2D eigenvalue weighted by Gasteiger charge is 2.22. The average molecular weight is 231 g/mol. The predicted octanol–water partition coefficient (Wildman–Crippen LogP) is 2.28. The fourth-order valence-corrected chi connectivity index (χ4v) is 1.88. The van der Waals surface area contributed by atoms with E-state index in [9.17, 15) is 9.59 Å². The van der Waals surface area contributed by atoms with Gasteiger partial charge in [0.05, 0.1) is 11.1 Å². The van der Waals surface area contributed by atoms with E-state index < -0.39 is 11.8 Å². The van der Waals surface area contributed by atoms with Crippen molar-refractivity contribution in [1.29, 1.82) is 0 Å². The number of azo groups is 1. The smallest absolute Gasteiger partial charge is 0.296 e. The zero-order valence-electron chi connectivity index (χ0n) is 9.80. The highest BCUT2D eigenvalue weighted by Crippen LogP contribution is 2.23. The molecule has 0 atom stereocenters. The molecule has 5 heteroatoms. The first-order valence-electron chi connectivity index (χ1n) is 5.56. The zero-order valence-corrected chi connectivity index (χ0v) is 9.80. The summed E-state index contributed by atoms with van der Waals surface area (Å²) in [6.07, 6.45) is 0. The van der Waals surface area contributed by atoms with Crippen molar-refractivity contribution >= 4 is 17.5 Å². The normalized spacial score (nSPS) is 13.8. The Bertz CT molecular complexity index is 504. The SMILES string of the molecule is CCN(CC)c1ccc2c(c1)C(=O)N=NC2=O. The zero-order chi connectivity index (χ0) is 12.4. The molecule has 88 valence electrons. The fraction of sp³-hybridized carbons (Fsp3) is 0.333. The molecule has 0 radical (unpaired) electrons. The van der Waals surface area contributed by atoms with Gasteiger partial charge in [0, 0.05) is 18.8 Å². The minimum atomic E-state index is -0.453. The molecule has 1 aromatic carbocycles. The quantitative estimate of drug-likeness (QED) is 0.801. The number of benzene rings is 1. The first-order valence-corrected chi connectivity index (χ1v) is 5.56. The lowest BCUT2D eigenvalue weighted by molar-refractivity contribution is 0.0921. The van der Waals surface area contributed by atoms with Gasteiger partial charge in [-0.1, -0.05) is 0 Å². The van der Waals surface area contributed by atoms with Crippen LogP contribution in [0.2, 0.25) is 0 Å². The maximum atomic E-state index is 11.6. The summed E-state index contributed by atoms with van der Waals surface area (Å²) >= 11 is 0. The van der Waals surface area contributed by atoms with Crippen LogP contribution in [0, 0.1) is 0 Å². The summed E-state index contributed by atoms with van der Waals surface area (Å²) in [4.78, 5) is 25.1. The Labute approximate surface area is 99.1 Å². The Morgan fingerprint density at radius 1 is 1.00 bits per heavy atom. The van der Waals surface area contributed by atoms with E-state index in [1.165, 1.54) is 0 Å². The molecule has 1 heterocycles. The van der Waals surface area contributed by atoms with Crippen LogP contribution in [-0.2, 0) is 0 Å². The van der Waals surface area contributed by atoms with Crippen molar-refractivity contribution in [3.05, 3.63) is 29.3 Å². The Kier molecular flexibility index (Phi) is 2.99. The lowest BCUT2D eigenvalue weighted by Crippen LogP contribution is -2.22. The van der Waals surface area contributed by atoms with Gasteiger partial charge in [0.25, 0.3) is 11.8 Å². The van der Waals surface area contributed by atoms with Crippen molar-refractivity contribution < 1.29 is 9.59 Å². The summed E-state index contributed by atoms with van der Waals surface area (Å²) < 4.78 is 0. The van der Waals surface area contributed by atoms with Crippen molar-refractivity contribution in [1.82, 2.24) is 0 Å². The van der Waals surface area contributed by atoms with E-state index >= 15 is 0 Å². The third-order valence-corrected chi connectivity index (χ3v) is 2.82. The van der Waals surface area contributed by atoms with Crippen LogP contribution in [-0.4, -0.2) is 24.9 Å². The first-order chi connectivity index (χ1) is 8.17. The van der Waals surface area contributed by atoms with E-state index in [2.05, 4.69) is 15.1 Å². The lowest BCUT2D eigenvalue weighted by Gasteiger charge is -2.22. The number of hydrogen-bond acceptors (Lipinski definition) is 3. The number of hydrogen-bond donors (Lipinski definition) is 0. The van der Waals surface area contributed by atoms with E-state index in [0.717, 1.165) is 18.8 Å². The molecule has 1 aliphatic rings. The number of rotatable bonds is 3. The molecule has 0 saturated carbocycles. The molecule has 0 N–H and O–H groups in total. The molecule has 0 unspecified atom stereocenters. The third-order valence-electron chi connectivity index (χ3n) is 2.82. The van der Waals surface area contributed by atoms with Crippen molar-refractivity contribution in [3.8, 4) is 0 Å². The molecule has 2 rings (SSSR count). The second-order valence-electron chi connectivity index (χ2n) is 3.71. The van der Waals surface area contributed by atoms with Gasteiger partial charge in [0.1, 0.15) is 0 Å². The number of amides is 2. The Balaban J connectivity index is 2.48. The fourth-order valence-electron chi connectivity index (χ4n) is 1.88. The van der Waals surface area contributed by atoms with E-state index in [0.29, 0.717) is 11.1 Å². The maximum Gasteiger partial charge on any atom is 0.296 e. The summed E-state index contributed by atoms with van der Waals surface area (Å²) in [6, 6.07) is 5.18. The van der Waals surface area contributed by atoms with Gasteiger partial charge < -0.3 is 4.90 Å². The van der Waals surface area contributed by atoms with Gasteiger partial charge >= 0.3 is 0 Å². The molecule has 17 heavy (non-hydrogen) atoms. The van der Waals surface area contributed by atoms with Gasteiger partial charge in [-0.25, -0.2) is 0 Å². The molecule has 0 aliphatic carbocycles. The second kappa shape index (κ2) is 4.45. The predicted molar refractivity (Wildman–Crippen MR) is 63.5 cm³/mol. The van der Waals surface area contributed by atoms with Crippen molar-refractivity contribution in [2.75, 3.05) is 18.0 Å². The number of carbonyl (C=O) groups excluding carboxylic acids is 2. The van der Waals surface area contributed by atoms with Crippen LogP contribution in [0.1, 0.15) is 34.6 Å². The van der Waals surface area contributed by atoms with Gasteiger partial charge in [0.15, 0.2) is 0 Å². The topological polar surface area (TPSA) is 62.1 Å². The van der Waals surface area contributed by atoms with Crippen LogP contribution < -0.4 is 4.90 Å². The van der Waals surface area contributed by atoms with Crippen LogP contribution in [0.15, 0.2) is 28.4 Å². The molecule has 1 aromatic rings. The first kappa shape index (κ1) is 11.4. The number of fused-ring (bicyclic) bond motifs is 1. The summed E-state index contributed by atoms with van der Waals surface area (Å²) in [7, 11) is 0. The Morgan fingerprint density at radius 3 is 2.18 bits per heavy atom. The van der Waals surface area contributed by atoms with Gasteiger partial charge in [-0.05, 0) is 32.0 Å². The van der Waals surface area contributed by atoms with Crippen molar-refractivity contribution in [2.24, 2.45) is 10.2 Å². The van der Waals surface area contributed by atoms with E-state index in [1.54, 1.807) is 12.1 Å². The van der Waals surface area contributed by atoms with Gasteiger partial charge in [-0.3, -0.25) is 9.59 Å². The van der Waals surface area contributed by atoms with Gasteiger partial charge in [-0.15, -0.1) is 10.2 Å². The lowest BCUT2D eigenvalue weighted by atomic mass is 10.0. The minimum absolute atomic E-state index is 0.334. The number of carbonyl (C=O) groups is 2. The molecule has 0 aromatic heterocycles. The van der Waals surface area contributed by atoms with Crippen molar-refractivity contribution in [3.63, 3.8) is 0 Å². The van der Waals surface area contributed by atoms with Gasteiger partial charge in [-0.2, -0.15) is 0 Å². The van der Waals surface area contributed by atoms with Crippen LogP contribution >= 0.6 is 0 Å². The molecule has 0 bridgehead atoms. The second-order valence-corrected chi connectivity index (χ2v) is 3.71. The van der Waals surface area contributed by atoms with Crippen LogP contribution in [0.25, 0.3) is 0 Å². The monoisotopic (exact) mass is 231 g/mol. The van der Waals surface area contributed by atoms with E-state index in [1.807, 2.05) is 19.9 Å². The Morgan fingerprint density at radius 2 is 1.59 bits per heavy atom. The summed E-state index contributed by atoms with van der Waals surface area (Å²) in [5.41, 5.74) is 1.60. The van der Waals surface area contributed by atoms with Crippen molar-refractivity contribution in [2.45, 2.75) is 13.8 Å². The third kappa shape index (κ3) is 1.95. The molecule has 0 saturated heterocycles. The molecule has 5 nitrogen and oxygen atoms in total. The highest BCUT2D eigenvalue weighted by atomic mass is 16.2. The average Bonchev–Trinajstić information content (AvgIpc) is 2.36. The van der Waals surface area contributed by atoms with Gasteiger partial charge in [0.2, 0.25) is 0 Å². The molecule has 1 aliphatic heterocycles.